The van der Waals surface area contributed by atoms with Crippen molar-refractivity contribution >= 4 is 11.8 Å². The predicted octanol–water partition coefficient (Wildman–Crippen LogP) is 2.00. The number of pyridine rings is 1. The Morgan fingerprint density at radius 1 is 1.23 bits per heavy atom. The number of hydrogen-bond donors (Lipinski definition) is 2. The number of nitrogen functional groups attached to an aromatic ring is 1. The van der Waals surface area contributed by atoms with Crippen molar-refractivity contribution in [3.8, 4) is 22.5 Å². The summed E-state index contributed by atoms with van der Waals surface area (Å²) in [4.78, 5) is 18.6. The number of aryl methyl sites for hydroxylation is 2. The molecule has 0 aliphatic carbocycles. The number of likely N-dealkylation sites (tertiary alicyclic amines) is 1. The summed E-state index contributed by atoms with van der Waals surface area (Å²) >= 11 is 0. The summed E-state index contributed by atoms with van der Waals surface area (Å²) in [6.45, 7) is 4.98. The van der Waals surface area contributed by atoms with Crippen LogP contribution in [-0.4, -0.2) is 55.1 Å². The molecule has 0 radical (unpaired) electrons. The Morgan fingerprint density at radius 2 is 2.07 bits per heavy atom. The zero-order valence-corrected chi connectivity index (χ0v) is 17.3. The number of rotatable bonds is 3. The minimum absolute atomic E-state index is 0.0125. The van der Waals surface area contributed by atoms with Crippen molar-refractivity contribution in [3.63, 3.8) is 0 Å². The van der Waals surface area contributed by atoms with Crippen LogP contribution in [0.5, 0.6) is 0 Å². The van der Waals surface area contributed by atoms with Gasteiger partial charge in [0.1, 0.15) is 5.82 Å². The van der Waals surface area contributed by atoms with Crippen LogP contribution in [-0.2, 0) is 19.0 Å². The fraction of sp³-hybridized carbons (Fsp3) is 0.429. The van der Waals surface area contributed by atoms with Gasteiger partial charge in [-0.2, -0.15) is 10.2 Å². The van der Waals surface area contributed by atoms with Gasteiger partial charge >= 0.3 is 6.03 Å². The van der Waals surface area contributed by atoms with Crippen molar-refractivity contribution in [3.05, 3.63) is 36.3 Å². The second kappa shape index (κ2) is 6.86. The average Bonchev–Trinajstić information content (AvgIpc) is 3.49. The Labute approximate surface area is 174 Å². The van der Waals surface area contributed by atoms with Crippen molar-refractivity contribution in [1.82, 2.24) is 34.8 Å². The average molecular weight is 406 g/mol. The molecule has 9 heteroatoms. The number of hydrogen-bond acceptors (Lipinski definition) is 5. The number of nitrogens with two attached hydrogens (primary N) is 1. The summed E-state index contributed by atoms with van der Waals surface area (Å²) in [6.07, 6.45) is 5.64. The van der Waals surface area contributed by atoms with Gasteiger partial charge in [0, 0.05) is 67.9 Å². The van der Waals surface area contributed by atoms with Crippen molar-refractivity contribution in [2.75, 3.05) is 25.4 Å². The molecule has 2 aliphatic rings. The van der Waals surface area contributed by atoms with E-state index in [1.165, 1.54) is 5.69 Å². The molecule has 1 fully saturated rings. The summed E-state index contributed by atoms with van der Waals surface area (Å²) in [6, 6.07) is 6.11. The van der Waals surface area contributed by atoms with E-state index in [9.17, 15) is 4.79 Å². The Balaban J connectivity index is 1.46. The minimum atomic E-state index is -0.0125. The van der Waals surface area contributed by atoms with E-state index < -0.39 is 0 Å². The van der Waals surface area contributed by atoms with Gasteiger partial charge in [-0.05, 0) is 38.0 Å². The second-order valence-corrected chi connectivity index (χ2v) is 8.21. The first-order valence-corrected chi connectivity index (χ1v) is 10.4. The van der Waals surface area contributed by atoms with Crippen LogP contribution in [0.3, 0.4) is 0 Å². The Bertz CT molecular complexity index is 1120. The van der Waals surface area contributed by atoms with Gasteiger partial charge in [-0.25, -0.2) is 9.78 Å². The number of anilines is 1. The number of nitrogens with one attached hydrogen (secondary N) is 1. The number of aromatic nitrogens is 5. The van der Waals surface area contributed by atoms with Gasteiger partial charge in [0.15, 0.2) is 0 Å². The molecule has 2 aliphatic heterocycles. The van der Waals surface area contributed by atoms with Crippen LogP contribution in [0.25, 0.3) is 22.5 Å². The van der Waals surface area contributed by atoms with Crippen LogP contribution in [0.15, 0.2) is 30.6 Å². The molecule has 2 amide bonds. The number of carbonyl (C=O) groups excluding carboxylic acids is 1. The molecule has 3 N–H and O–H groups in total. The van der Waals surface area contributed by atoms with Crippen molar-refractivity contribution in [2.45, 2.75) is 31.7 Å². The van der Waals surface area contributed by atoms with Crippen LogP contribution in [0.4, 0.5) is 10.6 Å². The van der Waals surface area contributed by atoms with Gasteiger partial charge in [0.05, 0.1) is 11.4 Å². The van der Waals surface area contributed by atoms with E-state index >= 15 is 0 Å². The fourth-order valence-corrected chi connectivity index (χ4v) is 4.70. The highest BCUT2D eigenvalue weighted by atomic mass is 16.2. The first-order chi connectivity index (χ1) is 14.5. The van der Waals surface area contributed by atoms with E-state index in [4.69, 9.17) is 10.8 Å². The van der Waals surface area contributed by atoms with E-state index in [0.29, 0.717) is 12.4 Å². The normalized spacial score (nSPS) is 20.1. The number of amides is 2. The van der Waals surface area contributed by atoms with E-state index in [2.05, 4.69) is 26.1 Å². The van der Waals surface area contributed by atoms with E-state index in [1.54, 1.807) is 10.9 Å². The van der Waals surface area contributed by atoms with Gasteiger partial charge in [-0.3, -0.25) is 9.36 Å². The van der Waals surface area contributed by atoms with Crippen LogP contribution >= 0.6 is 0 Å². The van der Waals surface area contributed by atoms with E-state index in [0.717, 1.165) is 55.0 Å². The molecular formula is C21H26N8O. The molecule has 5 rings (SSSR count). The molecular weight excluding hydrogens is 380 g/mol. The molecule has 0 unspecified atom stereocenters. The van der Waals surface area contributed by atoms with Gasteiger partial charge in [0.2, 0.25) is 0 Å². The monoisotopic (exact) mass is 406 g/mol. The highest BCUT2D eigenvalue weighted by Gasteiger charge is 2.46. The molecule has 0 bridgehead atoms. The molecule has 1 saturated heterocycles. The van der Waals surface area contributed by atoms with Gasteiger partial charge in [0.25, 0.3) is 0 Å². The van der Waals surface area contributed by atoms with Crippen LogP contribution in [0.1, 0.15) is 25.5 Å². The lowest BCUT2D eigenvalue weighted by Crippen LogP contribution is -2.40. The number of urea groups is 1. The lowest BCUT2D eigenvalue weighted by molar-refractivity contribution is 0.206. The summed E-state index contributed by atoms with van der Waals surface area (Å²) in [5.41, 5.74) is 10.7. The molecule has 30 heavy (non-hydrogen) atoms. The second-order valence-electron chi connectivity index (χ2n) is 8.21. The van der Waals surface area contributed by atoms with E-state index in [-0.39, 0.29) is 11.4 Å². The molecule has 1 spiro atoms. The Kier molecular flexibility index (Phi) is 4.27. The molecule has 1 atom stereocenters. The maximum absolute atomic E-state index is 12.3. The molecule has 9 nitrogen and oxygen atoms in total. The molecule has 0 aromatic carbocycles. The third kappa shape index (κ3) is 2.92. The Morgan fingerprint density at radius 3 is 2.83 bits per heavy atom. The third-order valence-corrected chi connectivity index (χ3v) is 6.30. The third-order valence-electron chi connectivity index (χ3n) is 6.30. The lowest BCUT2D eigenvalue weighted by Gasteiger charge is -2.23. The lowest BCUT2D eigenvalue weighted by atomic mass is 9.82. The first-order valence-electron chi connectivity index (χ1n) is 10.4. The zero-order valence-electron chi connectivity index (χ0n) is 17.3. The maximum atomic E-state index is 12.3. The minimum Gasteiger partial charge on any atom is -0.383 e. The number of carbonyl (C=O) groups is 1. The number of fused-ring (bicyclic) bond motifs is 2. The molecule has 3 aromatic heterocycles. The van der Waals surface area contributed by atoms with Gasteiger partial charge in [-0.1, -0.05) is 0 Å². The molecule has 5 heterocycles. The first kappa shape index (κ1) is 18.7. The Hall–Kier alpha value is -3.36. The summed E-state index contributed by atoms with van der Waals surface area (Å²) in [5, 5.41) is 12.2. The summed E-state index contributed by atoms with van der Waals surface area (Å²) < 4.78 is 3.84. The molecule has 0 saturated carbocycles. The van der Waals surface area contributed by atoms with Crippen LogP contribution in [0.2, 0.25) is 0 Å². The van der Waals surface area contributed by atoms with Gasteiger partial charge < -0.3 is 16.0 Å². The SMILES string of the molecule is CCNC(=O)N1CC[C@@]2(CCn3nc(-c4cnc(N)c(-c5ccn(C)n5)c4)cc32)C1. The zero-order chi connectivity index (χ0) is 20.9. The fourth-order valence-electron chi connectivity index (χ4n) is 4.70. The van der Waals surface area contributed by atoms with E-state index in [1.807, 2.05) is 37.2 Å². The quantitative estimate of drug-likeness (QED) is 0.692. The molecule has 156 valence electrons. The van der Waals surface area contributed by atoms with Crippen molar-refractivity contribution in [2.24, 2.45) is 7.05 Å². The van der Waals surface area contributed by atoms with Crippen LogP contribution < -0.4 is 11.1 Å². The smallest absolute Gasteiger partial charge is 0.317 e. The van der Waals surface area contributed by atoms with Crippen molar-refractivity contribution < 1.29 is 4.79 Å². The highest BCUT2D eigenvalue weighted by molar-refractivity contribution is 5.77. The summed E-state index contributed by atoms with van der Waals surface area (Å²) in [5.74, 6) is 0.453. The standard InChI is InChI=1S/C21H26N8O/c1-3-23-20(30)28-8-5-21(13-28)6-9-29-18(21)11-17(26-29)14-10-15(19(22)24-12-14)16-4-7-27(2)25-16/h4,7,10-12H,3,5-6,8-9,13H2,1-2H3,(H2,22,24)(H,23,30)/t21-/m1/s1. The number of nitrogens with zero attached hydrogens (tertiary/aromatic N) is 6. The topological polar surface area (TPSA) is 107 Å². The predicted molar refractivity (Wildman–Crippen MR) is 114 cm³/mol. The molecule has 3 aromatic rings. The summed E-state index contributed by atoms with van der Waals surface area (Å²) in [7, 11) is 1.88. The van der Waals surface area contributed by atoms with Gasteiger partial charge in [-0.15, -0.1) is 0 Å². The van der Waals surface area contributed by atoms with Crippen LogP contribution in [0, 0.1) is 0 Å². The van der Waals surface area contributed by atoms with Crippen molar-refractivity contribution in [1.29, 1.82) is 0 Å². The largest absolute Gasteiger partial charge is 0.383 e. The highest BCUT2D eigenvalue weighted by Crippen LogP contribution is 2.44. The maximum Gasteiger partial charge on any atom is 0.317 e.